The minimum Gasteiger partial charge on any atom is -0.478 e. The number of ether oxygens (including phenoxy) is 1. The second-order valence-electron chi connectivity index (χ2n) is 6.94. The van der Waals surface area contributed by atoms with Crippen molar-refractivity contribution in [3.8, 4) is 5.88 Å². The normalized spacial score (nSPS) is 11.0. The molecule has 1 amide bonds. The van der Waals surface area contributed by atoms with E-state index in [-0.39, 0.29) is 5.91 Å². The molecule has 0 fully saturated rings. The molecular weight excluding hydrogens is 380 g/mol. The van der Waals surface area contributed by atoms with Crippen LogP contribution in [0.5, 0.6) is 5.88 Å². The number of nitrogens with zero attached hydrogens (tertiary/aromatic N) is 4. The maximum atomic E-state index is 12.7. The third kappa shape index (κ3) is 4.65. The Morgan fingerprint density at radius 1 is 1.23 bits per heavy atom. The molecule has 4 heterocycles. The molecule has 0 bridgehead atoms. The Hall–Kier alpha value is -3.68. The second kappa shape index (κ2) is 9.21. The van der Waals surface area contributed by atoms with E-state index in [9.17, 15) is 4.79 Å². The van der Waals surface area contributed by atoms with Gasteiger partial charge in [0.25, 0.3) is 5.91 Å². The number of rotatable bonds is 9. The largest absolute Gasteiger partial charge is 0.478 e. The second-order valence-corrected chi connectivity index (χ2v) is 6.94. The Morgan fingerprint density at radius 2 is 2.17 bits per heavy atom. The summed E-state index contributed by atoms with van der Waals surface area (Å²) in [5.41, 5.74) is 2.84. The summed E-state index contributed by atoms with van der Waals surface area (Å²) in [4.78, 5) is 24.6. The molecule has 0 aliphatic carbocycles. The maximum Gasteiger partial charge on any atom is 0.260 e. The molecule has 4 aromatic heterocycles. The van der Waals surface area contributed by atoms with E-state index in [0.29, 0.717) is 29.4 Å². The van der Waals surface area contributed by atoms with Crippen LogP contribution >= 0.6 is 0 Å². The van der Waals surface area contributed by atoms with Crippen molar-refractivity contribution in [2.45, 2.75) is 32.7 Å². The quantitative estimate of drug-likeness (QED) is 0.413. The van der Waals surface area contributed by atoms with Crippen LogP contribution in [0.4, 0.5) is 5.82 Å². The number of nitrogens with one attached hydrogen (secondary N) is 2. The van der Waals surface area contributed by atoms with Gasteiger partial charge in [-0.2, -0.15) is 5.10 Å². The van der Waals surface area contributed by atoms with Crippen molar-refractivity contribution in [2.75, 3.05) is 11.9 Å². The number of pyridine rings is 2. The summed E-state index contributed by atoms with van der Waals surface area (Å²) in [5.74, 6) is 0.747. The molecular formula is C22H24N6O2. The lowest BCUT2D eigenvalue weighted by Gasteiger charge is -2.06. The van der Waals surface area contributed by atoms with Gasteiger partial charge in [0.15, 0.2) is 5.82 Å². The molecule has 0 spiro atoms. The standard InChI is InChI=1S/C22H24N6O2/c1-2-12-28-13-10-19(27-28)25-22(29)17-15-24-18-8-9-20(26-21(17)18)30-14-5-7-16-6-3-4-11-23-16/h3-4,6,8-11,13,15,24H,2,5,7,12,14H2,1H3,(H,25,27,29). The topological polar surface area (TPSA) is 97.7 Å². The smallest absolute Gasteiger partial charge is 0.260 e. The SMILES string of the molecule is CCCn1ccc(NC(=O)c2c[nH]c3ccc(OCCCc4ccccn4)nc23)n1. The molecule has 0 atom stereocenters. The molecule has 4 rings (SSSR count). The predicted octanol–water partition coefficient (Wildman–Crippen LogP) is 3.83. The first-order valence-electron chi connectivity index (χ1n) is 10.1. The van der Waals surface area contributed by atoms with Gasteiger partial charge in [-0.25, -0.2) is 4.98 Å². The van der Waals surface area contributed by atoms with Crippen LogP contribution < -0.4 is 10.1 Å². The third-order valence-electron chi connectivity index (χ3n) is 4.63. The molecule has 30 heavy (non-hydrogen) atoms. The lowest BCUT2D eigenvalue weighted by molar-refractivity contribution is 0.102. The summed E-state index contributed by atoms with van der Waals surface area (Å²) in [7, 11) is 0. The minimum absolute atomic E-state index is 0.261. The van der Waals surface area contributed by atoms with Crippen LogP contribution in [0.15, 0.2) is 55.0 Å². The zero-order valence-electron chi connectivity index (χ0n) is 16.8. The lowest BCUT2D eigenvalue weighted by atomic mass is 10.2. The van der Waals surface area contributed by atoms with Crippen LogP contribution in [0.1, 0.15) is 35.8 Å². The van der Waals surface area contributed by atoms with Gasteiger partial charge in [0, 0.05) is 43.0 Å². The number of aromatic amines is 1. The van der Waals surface area contributed by atoms with Gasteiger partial charge in [0.2, 0.25) is 5.88 Å². The number of aromatic nitrogens is 5. The van der Waals surface area contributed by atoms with Gasteiger partial charge in [-0.05, 0) is 37.5 Å². The zero-order chi connectivity index (χ0) is 20.8. The number of aryl methyl sites for hydroxylation is 2. The Labute approximate surface area is 174 Å². The van der Waals surface area contributed by atoms with Crippen molar-refractivity contribution >= 4 is 22.8 Å². The van der Waals surface area contributed by atoms with E-state index in [4.69, 9.17) is 4.74 Å². The minimum atomic E-state index is -0.261. The summed E-state index contributed by atoms with van der Waals surface area (Å²) < 4.78 is 7.59. The number of fused-ring (bicyclic) bond motifs is 1. The number of anilines is 1. The first kappa shape index (κ1) is 19.6. The fourth-order valence-electron chi connectivity index (χ4n) is 3.18. The molecule has 0 aliphatic heterocycles. The Bertz CT molecular complexity index is 1120. The molecule has 0 radical (unpaired) electrons. The van der Waals surface area contributed by atoms with Crippen molar-refractivity contribution in [1.29, 1.82) is 0 Å². The maximum absolute atomic E-state index is 12.7. The summed E-state index contributed by atoms with van der Waals surface area (Å²) in [6.07, 6.45) is 7.94. The molecule has 0 aliphatic rings. The van der Waals surface area contributed by atoms with Crippen LogP contribution in [-0.2, 0) is 13.0 Å². The van der Waals surface area contributed by atoms with Crippen molar-refractivity contribution in [2.24, 2.45) is 0 Å². The van der Waals surface area contributed by atoms with Crippen LogP contribution in [0.3, 0.4) is 0 Å². The van der Waals surface area contributed by atoms with Crippen LogP contribution in [0.25, 0.3) is 11.0 Å². The number of amides is 1. The highest BCUT2D eigenvalue weighted by molar-refractivity contribution is 6.11. The highest BCUT2D eigenvalue weighted by atomic mass is 16.5. The van der Waals surface area contributed by atoms with Crippen molar-refractivity contribution in [3.05, 3.63) is 66.2 Å². The first-order valence-corrected chi connectivity index (χ1v) is 10.1. The molecule has 0 saturated carbocycles. The van der Waals surface area contributed by atoms with E-state index in [0.717, 1.165) is 37.0 Å². The highest BCUT2D eigenvalue weighted by Gasteiger charge is 2.15. The number of carbonyl (C=O) groups is 1. The summed E-state index contributed by atoms with van der Waals surface area (Å²) in [6.45, 7) is 3.41. The number of carbonyl (C=O) groups excluding carboxylic acids is 1. The molecule has 2 N–H and O–H groups in total. The average Bonchev–Trinajstić information content (AvgIpc) is 3.38. The fraction of sp³-hybridized carbons (Fsp3) is 0.273. The van der Waals surface area contributed by atoms with Crippen molar-refractivity contribution in [3.63, 3.8) is 0 Å². The molecule has 0 saturated heterocycles. The van der Waals surface area contributed by atoms with Gasteiger partial charge in [-0.1, -0.05) is 13.0 Å². The summed E-state index contributed by atoms with van der Waals surface area (Å²) >= 11 is 0. The Kier molecular flexibility index (Phi) is 6.03. The molecule has 8 heteroatoms. The van der Waals surface area contributed by atoms with E-state index in [2.05, 4.69) is 32.3 Å². The van der Waals surface area contributed by atoms with E-state index >= 15 is 0 Å². The molecule has 154 valence electrons. The lowest BCUT2D eigenvalue weighted by Crippen LogP contribution is -2.12. The first-order chi connectivity index (χ1) is 14.7. The molecule has 8 nitrogen and oxygen atoms in total. The van der Waals surface area contributed by atoms with Gasteiger partial charge in [0.05, 0.1) is 17.7 Å². The highest BCUT2D eigenvalue weighted by Crippen LogP contribution is 2.21. The Morgan fingerprint density at radius 3 is 3.00 bits per heavy atom. The average molecular weight is 404 g/mol. The fourth-order valence-corrected chi connectivity index (χ4v) is 3.18. The zero-order valence-corrected chi connectivity index (χ0v) is 16.8. The van der Waals surface area contributed by atoms with Gasteiger partial charge in [-0.15, -0.1) is 0 Å². The van der Waals surface area contributed by atoms with Crippen molar-refractivity contribution in [1.82, 2.24) is 24.7 Å². The van der Waals surface area contributed by atoms with Gasteiger partial charge in [-0.3, -0.25) is 14.5 Å². The summed E-state index contributed by atoms with van der Waals surface area (Å²) in [6, 6.07) is 11.3. The van der Waals surface area contributed by atoms with Crippen LogP contribution in [-0.4, -0.2) is 37.2 Å². The number of hydrogen-bond donors (Lipinski definition) is 2. The molecule has 0 aromatic carbocycles. The van der Waals surface area contributed by atoms with E-state index in [1.54, 1.807) is 29.2 Å². The number of H-pyrrole nitrogens is 1. The van der Waals surface area contributed by atoms with E-state index < -0.39 is 0 Å². The molecule has 0 unspecified atom stereocenters. The van der Waals surface area contributed by atoms with Crippen molar-refractivity contribution < 1.29 is 9.53 Å². The monoisotopic (exact) mass is 404 g/mol. The van der Waals surface area contributed by atoms with Crippen LogP contribution in [0, 0.1) is 0 Å². The Balaban J connectivity index is 1.39. The van der Waals surface area contributed by atoms with Gasteiger partial charge >= 0.3 is 0 Å². The van der Waals surface area contributed by atoms with Gasteiger partial charge in [0.1, 0.15) is 5.52 Å². The molecule has 4 aromatic rings. The van der Waals surface area contributed by atoms with E-state index in [1.807, 2.05) is 30.5 Å². The predicted molar refractivity (Wildman–Crippen MR) is 115 cm³/mol. The van der Waals surface area contributed by atoms with Crippen LogP contribution in [0.2, 0.25) is 0 Å². The van der Waals surface area contributed by atoms with Gasteiger partial charge < -0.3 is 15.0 Å². The summed E-state index contributed by atoms with van der Waals surface area (Å²) in [5, 5.41) is 7.17. The number of hydrogen-bond acceptors (Lipinski definition) is 5. The van der Waals surface area contributed by atoms with E-state index in [1.165, 1.54) is 0 Å². The third-order valence-corrected chi connectivity index (χ3v) is 4.63.